The van der Waals surface area contributed by atoms with Gasteiger partial charge in [-0.25, -0.2) is 0 Å². The standard InChI is InChI=1S/C15H15BrN2/c1-12(14-7-9-15(16)10-8-14)18-17-11-13-5-3-2-4-6-13/h2-10,17H,11H2,1H3. The fraction of sp³-hybridized carbons (Fsp3) is 0.133. The van der Waals surface area contributed by atoms with E-state index < -0.39 is 0 Å². The number of hydrogen-bond donors (Lipinski definition) is 1. The largest absolute Gasteiger partial charge is 0.305 e. The summed E-state index contributed by atoms with van der Waals surface area (Å²) in [7, 11) is 0. The number of hydrogen-bond acceptors (Lipinski definition) is 2. The summed E-state index contributed by atoms with van der Waals surface area (Å²) in [6.07, 6.45) is 0. The molecule has 0 aliphatic carbocycles. The molecule has 3 heteroatoms. The second-order valence-corrected chi connectivity index (χ2v) is 4.94. The van der Waals surface area contributed by atoms with Gasteiger partial charge in [0.1, 0.15) is 0 Å². The van der Waals surface area contributed by atoms with E-state index in [1.165, 1.54) is 5.56 Å². The van der Waals surface area contributed by atoms with Crippen LogP contribution >= 0.6 is 15.9 Å². The van der Waals surface area contributed by atoms with Gasteiger partial charge in [0.25, 0.3) is 0 Å². The molecule has 2 rings (SSSR count). The van der Waals surface area contributed by atoms with Crippen LogP contribution in [0.3, 0.4) is 0 Å². The Morgan fingerprint density at radius 1 is 1.06 bits per heavy atom. The molecule has 0 amide bonds. The first-order chi connectivity index (χ1) is 8.75. The lowest BCUT2D eigenvalue weighted by Gasteiger charge is -2.04. The fourth-order valence-electron chi connectivity index (χ4n) is 1.60. The molecule has 0 spiro atoms. The van der Waals surface area contributed by atoms with E-state index in [1.54, 1.807) is 0 Å². The predicted octanol–water partition coefficient (Wildman–Crippen LogP) is 3.96. The SMILES string of the molecule is CC(=NNCc1ccccc1)c1ccc(Br)cc1. The molecule has 0 saturated carbocycles. The average Bonchev–Trinajstić information content (AvgIpc) is 2.40. The van der Waals surface area contributed by atoms with Crippen molar-refractivity contribution in [3.63, 3.8) is 0 Å². The van der Waals surface area contributed by atoms with Crippen molar-refractivity contribution < 1.29 is 0 Å². The molecule has 18 heavy (non-hydrogen) atoms. The van der Waals surface area contributed by atoms with Gasteiger partial charge in [-0.1, -0.05) is 58.4 Å². The molecular weight excluding hydrogens is 288 g/mol. The van der Waals surface area contributed by atoms with Gasteiger partial charge in [0.15, 0.2) is 0 Å². The normalized spacial score (nSPS) is 11.3. The van der Waals surface area contributed by atoms with Gasteiger partial charge in [-0.15, -0.1) is 0 Å². The molecule has 92 valence electrons. The van der Waals surface area contributed by atoms with E-state index in [0.29, 0.717) is 0 Å². The van der Waals surface area contributed by atoms with Gasteiger partial charge in [-0.3, -0.25) is 0 Å². The zero-order valence-corrected chi connectivity index (χ0v) is 11.8. The van der Waals surface area contributed by atoms with Crippen molar-refractivity contribution in [2.24, 2.45) is 5.10 Å². The lowest BCUT2D eigenvalue weighted by Crippen LogP contribution is -2.09. The fourth-order valence-corrected chi connectivity index (χ4v) is 1.87. The Labute approximate surface area is 116 Å². The van der Waals surface area contributed by atoms with Crippen molar-refractivity contribution in [3.05, 3.63) is 70.2 Å². The third-order valence-corrected chi connectivity index (χ3v) is 3.16. The van der Waals surface area contributed by atoms with Crippen LogP contribution in [0.5, 0.6) is 0 Å². The Kier molecular flexibility index (Phi) is 4.53. The number of hydrazone groups is 1. The van der Waals surface area contributed by atoms with Crippen LogP contribution in [0, 0.1) is 0 Å². The highest BCUT2D eigenvalue weighted by molar-refractivity contribution is 9.10. The molecular formula is C15H15BrN2. The first-order valence-corrected chi connectivity index (χ1v) is 6.62. The third-order valence-electron chi connectivity index (χ3n) is 2.63. The van der Waals surface area contributed by atoms with E-state index >= 15 is 0 Å². The molecule has 0 bridgehead atoms. The highest BCUT2D eigenvalue weighted by atomic mass is 79.9. The Balaban J connectivity index is 1.95. The maximum absolute atomic E-state index is 4.37. The summed E-state index contributed by atoms with van der Waals surface area (Å²) < 4.78 is 1.08. The monoisotopic (exact) mass is 302 g/mol. The smallest absolute Gasteiger partial charge is 0.0644 e. The maximum Gasteiger partial charge on any atom is 0.0644 e. The summed E-state index contributed by atoms with van der Waals surface area (Å²) in [5.41, 5.74) is 6.43. The second-order valence-electron chi connectivity index (χ2n) is 4.02. The van der Waals surface area contributed by atoms with Gasteiger partial charge in [-0.2, -0.15) is 5.10 Å². The second kappa shape index (κ2) is 6.36. The lowest BCUT2D eigenvalue weighted by atomic mass is 10.1. The Morgan fingerprint density at radius 3 is 2.39 bits per heavy atom. The van der Waals surface area contributed by atoms with E-state index in [-0.39, 0.29) is 0 Å². The highest BCUT2D eigenvalue weighted by Gasteiger charge is 1.96. The molecule has 0 atom stereocenters. The number of halogens is 1. The minimum atomic E-state index is 0.745. The van der Waals surface area contributed by atoms with E-state index in [0.717, 1.165) is 22.3 Å². The van der Waals surface area contributed by atoms with Crippen LogP contribution < -0.4 is 5.43 Å². The van der Waals surface area contributed by atoms with E-state index in [4.69, 9.17) is 0 Å². The minimum absolute atomic E-state index is 0.745. The lowest BCUT2D eigenvalue weighted by molar-refractivity contribution is 0.744. The first-order valence-electron chi connectivity index (χ1n) is 5.83. The molecule has 0 fully saturated rings. The molecule has 2 nitrogen and oxygen atoms in total. The molecule has 0 radical (unpaired) electrons. The zero-order chi connectivity index (χ0) is 12.8. The first kappa shape index (κ1) is 12.8. The number of nitrogens with one attached hydrogen (secondary N) is 1. The van der Waals surface area contributed by atoms with Gasteiger partial charge < -0.3 is 5.43 Å². The van der Waals surface area contributed by atoms with Gasteiger partial charge in [0.2, 0.25) is 0 Å². The third kappa shape index (κ3) is 3.70. The van der Waals surface area contributed by atoms with Crippen LogP contribution in [-0.2, 0) is 6.54 Å². The Hall–Kier alpha value is -1.61. The summed E-state index contributed by atoms with van der Waals surface area (Å²) in [4.78, 5) is 0. The van der Waals surface area contributed by atoms with Crippen LogP contribution in [0.4, 0.5) is 0 Å². The number of benzene rings is 2. The van der Waals surface area contributed by atoms with Crippen molar-refractivity contribution in [1.82, 2.24) is 5.43 Å². The van der Waals surface area contributed by atoms with Gasteiger partial charge >= 0.3 is 0 Å². The van der Waals surface area contributed by atoms with Crippen LogP contribution in [0.1, 0.15) is 18.1 Å². The molecule has 0 heterocycles. The average molecular weight is 303 g/mol. The molecule has 2 aromatic carbocycles. The molecule has 0 saturated heterocycles. The molecule has 2 aromatic rings. The van der Waals surface area contributed by atoms with Crippen LogP contribution in [-0.4, -0.2) is 5.71 Å². The van der Waals surface area contributed by atoms with Crippen molar-refractivity contribution in [2.45, 2.75) is 13.5 Å². The summed E-state index contributed by atoms with van der Waals surface area (Å²) in [6, 6.07) is 18.4. The van der Waals surface area contributed by atoms with Crippen molar-refractivity contribution >= 4 is 21.6 Å². The highest BCUT2D eigenvalue weighted by Crippen LogP contribution is 2.11. The van der Waals surface area contributed by atoms with Gasteiger partial charge in [-0.05, 0) is 30.2 Å². The van der Waals surface area contributed by atoms with Crippen LogP contribution in [0.25, 0.3) is 0 Å². The van der Waals surface area contributed by atoms with Gasteiger partial charge in [0, 0.05) is 4.47 Å². The van der Waals surface area contributed by atoms with Crippen molar-refractivity contribution in [2.75, 3.05) is 0 Å². The summed E-state index contributed by atoms with van der Waals surface area (Å²) >= 11 is 3.42. The van der Waals surface area contributed by atoms with Crippen molar-refractivity contribution in [1.29, 1.82) is 0 Å². The molecule has 0 aromatic heterocycles. The predicted molar refractivity (Wildman–Crippen MR) is 79.6 cm³/mol. The summed E-state index contributed by atoms with van der Waals surface area (Å²) in [6.45, 7) is 2.75. The van der Waals surface area contributed by atoms with E-state index in [2.05, 4.69) is 38.6 Å². The summed E-state index contributed by atoms with van der Waals surface area (Å²) in [5, 5.41) is 4.37. The minimum Gasteiger partial charge on any atom is -0.305 e. The molecule has 1 N–H and O–H groups in total. The van der Waals surface area contributed by atoms with E-state index in [9.17, 15) is 0 Å². The zero-order valence-electron chi connectivity index (χ0n) is 10.2. The molecule has 0 aliphatic rings. The topological polar surface area (TPSA) is 24.4 Å². The van der Waals surface area contributed by atoms with Crippen molar-refractivity contribution in [3.8, 4) is 0 Å². The van der Waals surface area contributed by atoms with Crippen LogP contribution in [0.2, 0.25) is 0 Å². The molecule has 0 aliphatic heterocycles. The Morgan fingerprint density at radius 2 is 1.72 bits per heavy atom. The maximum atomic E-state index is 4.37. The number of rotatable bonds is 4. The molecule has 0 unspecified atom stereocenters. The van der Waals surface area contributed by atoms with Gasteiger partial charge in [0.05, 0.1) is 12.3 Å². The Bertz CT molecular complexity index is 518. The quantitative estimate of drug-likeness (QED) is 0.671. The van der Waals surface area contributed by atoms with E-state index in [1.807, 2.05) is 49.4 Å². The number of nitrogens with zero attached hydrogens (tertiary/aromatic N) is 1. The summed E-state index contributed by atoms with van der Waals surface area (Å²) in [5.74, 6) is 0. The van der Waals surface area contributed by atoms with Crippen LogP contribution in [0.15, 0.2) is 64.2 Å².